The zero-order valence-electron chi connectivity index (χ0n) is 13.8. The predicted molar refractivity (Wildman–Crippen MR) is 95.0 cm³/mol. The lowest BCUT2D eigenvalue weighted by Crippen LogP contribution is -2.36. The summed E-state index contributed by atoms with van der Waals surface area (Å²) in [4.78, 5) is 11.1. The number of rotatable bonds is 8. The first-order chi connectivity index (χ1) is 11.9. The number of anilines is 2. The van der Waals surface area contributed by atoms with Gasteiger partial charge in [-0.05, 0) is 30.7 Å². The summed E-state index contributed by atoms with van der Waals surface area (Å²) in [7, 11) is -3.94. The van der Waals surface area contributed by atoms with E-state index in [9.17, 15) is 17.6 Å². The number of hydrogen-bond acceptors (Lipinski definition) is 4. The van der Waals surface area contributed by atoms with Crippen molar-refractivity contribution in [2.24, 2.45) is 5.84 Å². The highest BCUT2D eigenvalue weighted by atomic mass is 32.2. The standard InChI is InChI=1S/C17H20FN3O3S/c1-2-3-11-21(25(23,24)15-7-5-4-6-8-15)17-12-14(18)9-10-16(17)20(19)13-22/h4-10,12-13H,2-3,11,19H2,1H3. The maximum Gasteiger partial charge on any atom is 0.264 e. The highest BCUT2D eigenvalue weighted by molar-refractivity contribution is 7.92. The second-order valence-electron chi connectivity index (χ2n) is 5.39. The van der Waals surface area contributed by atoms with E-state index < -0.39 is 15.8 Å². The average molecular weight is 365 g/mol. The molecule has 0 unspecified atom stereocenters. The molecule has 0 fully saturated rings. The summed E-state index contributed by atoms with van der Waals surface area (Å²) in [5.74, 6) is 4.99. The van der Waals surface area contributed by atoms with Crippen molar-refractivity contribution in [1.29, 1.82) is 0 Å². The summed E-state index contributed by atoms with van der Waals surface area (Å²) in [6.07, 6.45) is 1.64. The van der Waals surface area contributed by atoms with Crippen LogP contribution in [0.3, 0.4) is 0 Å². The number of amides is 1. The van der Waals surface area contributed by atoms with E-state index in [-0.39, 0.29) is 22.8 Å². The zero-order chi connectivity index (χ0) is 18.4. The van der Waals surface area contributed by atoms with Crippen molar-refractivity contribution in [3.8, 4) is 0 Å². The van der Waals surface area contributed by atoms with E-state index in [1.54, 1.807) is 18.2 Å². The Hall–Kier alpha value is -2.45. The van der Waals surface area contributed by atoms with Crippen LogP contribution >= 0.6 is 0 Å². The van der Waals surface area contributed by atoms with Gasteiger partial charge in [0.25, 0.3) is 10.0 Å². The Labute approximate surface area is 146 Å². The van der Waals surface area contributed by atoms with Crippen molar-refractivity contribution >= 4 is 27.8 Å². The van der Waals surface area contributed by atoms with Crippen molar-refractivity contribution in [3.63, 3.8) is 0 Å². The minimum absolute atomic E-state index is 0.0203. The lowest BCUT2D eigenvalue weighted by atomic mass is 10.2. The fourth-order valence-electron chi connectivity index (χ4n) is 2.36. The summed E-state index contributed by atoms with van der Waals surface area (Å²) >= 11 is 0. The maximum absolute atomic E-state index is 13.8. The molecule has 0 radical (unpaired) electrons. The number of nitrogens with zero attached hydrogens (tertiary/aromatic N) is 2. The van der Waals surface area contributed by atoms with E-state index in [1.807, 2.05) is 6.92 Å². The summed E-state index contributed by atoms with van der Waals surface area (Å²) in [5, 5.41) is 0.730. The first-order valence-electron chi connectivity index (χ1n) is 7.78. The molecule has 0 saturated carbocycles. The zero-order valence-corrected chi connectivity index (χ0v) is 14.6. The quantitative estimate of drug-likeness (QED) is 0.337. The van der Waals surface area contributed by atoms with Crippen LogP contribution in [0.2, 0.25) is 0 Å². The molecule has 0 heterocycles. The van der Waals surface area contributed by atoms with Crippen LogP contribution in [0, 0.1) is 5.82 Å². The predicted octanol–water partition coefficient (Wildman–Crippen LogP) is 2.66. The van der Waals surface area contributed by atoms with Crippen molar-refractivity contribution in [1.82, 2.24) is 0 Å². The number of hydrogen-bond donors (Lipinski definition) is 1. The van der Waals surface area contributed by atoms with Crippen LogP contribution in [0.4, 0.5) is 15.8 Å². The van der Waals surface area contributed by atoms with Gasteiger partial charge >= 0.3 is 0 Å². The third-order valence-electron chi connectivity index (χ3n) is 3.64. The Bertz CT molecular complexity index is 828. The molecule has 0 atom stereocenters. The van der Waals surface area contributed by atoms with Crippen LogP contribution in [-0.4, -0.2) is 21.4 Å². The lowest BCUT2D eigenvalue weighted by Gasteiger charge is -2.28. The fourth-order valence-corrected chi connectivity index (χ4v) is 3.89. The Morgan fingerprint density at radius 3 is 2.40 bits per heavy atom. The molecule has 0 aliphatic carbocycles. The van der Waals surface area contributed by atoms with Gasteiger partial charge in [-0.25, -0.2) is 23.7 Å². The topological polar surface area (TPSA) is 83.7 Å². The van der Waals surface area contributed by atoms with Gasteiger partial charge in [-0.3, -0.25) is 9.10 Å². The Morgan fingerprint density at radius 1 is 1.12 bits per heavy atom. The monoisotopic (exact) mass is 365 g/mol. The Morgan fingerprint density at radius 2 is 1.80 bits per heavy atom. The summed E-state index contributed by atoms with van der Waals surface area (Å²) in [5.41, 5.74) is 0.124. The molecule has 2 aromatic carbocycles. The highest BCUT2D eigenvalue weighted by Crippen LogP contribution is 2.33. The first kappa shape index (κ1) is 18.9. The van der Waals surface area contributed by atoms with Gasteiger partial charge in [0, 0.05) is 12.6 Å². The molecule has 2 N–H and O–H groups in total. The molecular weight excluding hydrogens is 345 g/mol. The second-order valence-corrected chi connectivity index (χ2v) is 7.25. The van der Waals surface area contributed by atoms with Crippen LogP contribution < -0.4 is 15.2 Å². The van der Waals surface area contributed by atoms with Gasteiger partial charge in [0.2, 0.25) is 6.41 Å². The van der Waals surface area contributed by atoms with Crippen molar-refractivity contribution in [2.45, 2.75) is 24.7 Å². The SMILES string of the molecule is CCCCN(c1cc(F)ccc1N(N)C=O)S(=O)(=O)c1ccccc1. The minimum atomic E-state index is -3.94. The second kappa shape index (κ2) is 8.09. The Kier molecular flexibility index (Phi) is 6.11. The number of sulfonamides is 1. The third-order valence-corrected chi connectivity index (χ3v) is 5.47. The number of hydrazine groups is 1. The van der Waals surface area contributed by atoms with Gasteiger partial charge in [-0.15, -0.1) is 0 Å². The Balaban J connectivity index is 2.63. The normalized spacial score (nSPS) is 11.2. The molecule has 2 aromatic rings. The number of carbonyl (C=O) groups is 1. The molecule has 0 spiro atoms. The van der Waals surface area contributed by atoms with Crippen LogP contribution in [0.1, 0.15) is 19.8 Å². The van der Waals surface area contributed by atoms with Crippen LogP contribution in [0.25, 0.3) is 0 Å². The van der Waals surface area contributed by atoms with Crippen LogP contribution in [0.5, 0.6) is 0 Å². The van der Waals surface area contributed by atoms with Crippen molar-refractivity contribution in [3.05, 3.63) is 54.3 Å². The van der Waals surface area contributed by atoms with Crippen molar-refractivity contribution < 1.29 is 17.6 Å². The fraction of sp³-hybridized carbons (Fsp3) is 0.235. The van der Waals surface area contributed by atoms with Crippen LogP contribution in [0.15, 0.2) is 53.4 Å². The first-order valence-corrected chi connectivity index (χ1v) is 9.22. The van der Waals surface area contributed by atoms with Gasteiger partial charge in [-0.1, -0.05) is 31.5 Å². The lowest BCUT2D eigenvalue weighted by molar-refractivity contribution is -0.107. The van der Waals surface area contributed by atoms with Gasteiger partial charge < -0.3 is 0 Å². The van der Waals surface area contributed by atoms with E-state index in [0.29, 0.717) is 12.8 Å². The number of nitrogens with two attached hydrogens (primary N) is 1. The molecule has 8 heteroatoms. The summed E-state index contributed by atoms with van der Waals surface area (Å²) in [6.45, 7) is 2.05. The van der Waals surface area contributed by atoms with E-state index in [1.165, 1.54) is 18.2 Å². The maximum atomic E-state index is 13.8. The molecule has 0 saturated heterocycles. The molecule has 0 aromatic heterocycles. The van der Waals surface area contributed by atoms with Crippen LogP contribution in [-0.2, 0) is 14.8 Å². The summed E-state index contributed by atoms with van der Waals surface area (Å²) < 4.78 is 41.0. The number of unbranched alkanes of at least 4 members (excludes halogenated alkanes) is 1. The largest absolute Gasteiger partial charge is 0.277 e. The molecule has 0 bridgehead atoms. The summed E-state index contributed by atoms with van der Waals surface area (Å²) in [6, 6.07) is 11.3. The third kappa shape index (κ3) is 4.15. The highest BCUT2D eigenvalue weighted by Gasteiger charge is 2.27. The number of carbonyl (C=O) groups excluding carboxylic acids is 1. The molecule has 0 aliphatic rings. The number of benzene rings is 2. The molecule has 1 amide bonds. The minimum Gasteiger partial charge on any atom is -0.277 e. The van der Waals surface area contributed by atoms with E-state index in [0.717, 1.165) is 27.9 Å². The smallest absolute Gasteiger partial charge is 0.264 e. The molecule has 2 rings (SSSR count). The van der Waals surface area contributed by atoms with Gasteiger partial charge in [0.15, 0.2) is 0 Å². The molecule has 0 aliphatic heterocycles. The van der Waals surface area contributed by atoms with Gasteiger partial charge in [0.05, 0.1) is 16.3 Å². The van der Waals surface area contributed by atoms with E-state index in [2.05, 4.69) is 0 Å². The molecule has 6 nitrogen and oxygen atoms in total. The average Bonchev–Trinajstić information content (AvgIpc) is 2.62. The molecular formula is C17H20FN3O3S. The van der Waals surface area contributed by atoms with E-state index >= 15 is 0 Å². The molecule has 25 heavy (non-hydrogen) atoms. The van der Waals surface area contributed by atoms with Gasteiger partial charge in [-0.2, -0.15) is 0 Å². The van der Waals surface area contributed by atoms with Gasteiger partial charge in [0.1, 0.15) is 5.82 Å². The number of halogens is 1. The van der Waals surface area contributed by atoms with E-state index in [4.69, 9.17) is 5.84 Å². The van der Waals surface area contributed by atoms with Crippen molar-refractivity contribution in [2.75, 3.05) is 15.9 Å². The molecule has 134 valence electrons.